The van der Waals surface area contributed by atoms with Crippen LogP contribution in [0, 0.1) is 16.7 Å². The van der Waals surface area contributed by atoms with E-state index in [1.165, 1.54) is 23.1 Å². The van der Waals surface area contributed by atoms with E-state index in [9.17, 15) is 14.9 Å². The third-order valence-electron chi connectivity index (χ3n) is 6.68. The molecule has 1 aliphatic heterocycles. The van der Waals surface area contributed by atoms with Gasteiger partial charge in [-0.1, -0.05) is 78.3 Å². The van der Waals surface area contributed by atoms with Crippen molar-refractivity contribution in [2.75, 3.05) is 10.7 Å². The van der Waals surface area contributed by atoms with Crippen LogP contribution in [0.1, 0.15) is 48.5 Å². The number of nitrogens with zero attached hydrogens (tertiary/aromatic N) is 4. The van der Waals surface area contributed by atoms with Gasteiger partial charge in [-0.05, 0) is 47.7 Å². The summed E-state index contributed by atoms with van der Waals surface area (Å²) in [5.41, 5.74) is 9.00. The van der Waals surface area contributed by atoms with Gasteiger partial charge in [-0.3, -0.25) is 14.5 Å². The Hall–Kier alpha value is -3.16. The lowest BCUT2D eigenvalue weighted by Gasteiger charge is -2.42. The van der Waals surface area contributed by atoms with Crippen LogP contribution in [0.4, 0.5) is 5.13 Å². The minimum atomic E-state index is -0.669. The van der Waals surface area contributed by atoms with Gasteiger partial charge < -0.3 is 5.73 Å². The highest BCUT2D eigenvalue weighted by atomic mass is 35.5. The summed E-state index contributed by atoms with van der Waals surface area (Å²) >= 11 is 15.0. The number of nitriles is 1. The van der Waals surface area contributed by atoms with Crippen LogP contribution >= 0.6 is 46.3 Å². The first kappa shape index (κ1) is 27.4. The van der Waals surface area contributed by atoms with E-state index in [-0.39, 0.29) is 34.1 Å². The highest BCUT2D eigenvalue weighted by Crippen LogP contribution is 2.51. The number of hydrogen-bond donors (Lipinski definition) is 1. The minimum Gasteiger partial charge on any atom is -0.384 e. The van der Waals surface area contributed by atoms with Crippen LogP contribution in [0.2, 0.25) is 10.0 Å². The van der Waals surface area contributed by atoms with E-state index in [2.05, 4.69) is 16.3 Å². The highest BCUT2D eigenvalue weighted by molar-refractivity contribution is 8.01. The van der Waals surface area contributed by atoms with Crippen molar-refractivity contribution in [1.82, 2.24) is 10.2 Å². The number of allylic oxidation sites excluding steroid dienone is 3. The minimum absolute atomic E-state index is 0.0518. The van der Waals surface area contributed by atoms with Gasteiger partial charge in [-0.25, -0.2) is 0 Å². The van der Waals surface area contributed by atoms with Crippen LogP contribution in [0.15, 0.2) is 75.5 Å². The molecule has 5 rings (SSSR count). The van der Waals surface area contributed by atoms with Gasteiger partial charge in [0.25, 0.3) is 0 Å². The number of Topliss-reactive ketones (excluding diaryl/α,β-unsaturated/α-hetero) is 2. The van der Waals surface area contributed by atoms with E-state index < -0.39 is 5.92 Å². The van der Waals surface area contributed by atoms with Crippen LogP contribution in [0.5, 0.6) is 0 Å². The molecule has 1 unspecified atom stereocenters. The summed E-state index contributed by atoms with van der Waals surface area (Å²) in [4.78, 5) is 28.0. The van der Waals surface area contributed by atoms with Crippen molar-refractivity contribution in [2.45, 2.75) is 36.9 Å². The first-order valence-corrected chi connectivity index (χ1v) is 14.6. The van der Waals surface area contributed by atoms with Gasteiger partial charge in [0.05, 0.1) is 23.3 Å². The zero-order valence-electron chi connectivity index (χ0n) is 21.1. The van der Waals surface area contributed by atoms with Crippen LogP contribution in [-0.2, 0) is 4.79 Å². The third kappa shape index (κ3) is 5.35. The van der Waals surface area contributed by atoms with Gasteiger partial charge in [0, 0.05) is 33.3 Å². The Morgan fingerprint density at radius 1 is 1.18 bits per heavy atom. The molecular weight excluding hydrogens is 573 g/mol. The summed E-state index contributed by atoms with van der Waals surface area (Å²) in [5.74, 6) is -0.429. The predicted molar refractivity (Wildman–Crippen MR) is 155 cm³/mol. The van der Waals surface area contributed by atoms with Crippen molar-refractivity contribution in [3.8, 4) is 6.07 Å². The molecule has 2 aromatic carbocycles. The quantitative estimate of drug-likeness (QED) is 0.245. The molecule has 1 aliphatic carbocycles. The molecule has 0 bridgehead atoms. The molecule has 0 spiro atoms. The Morgan fingerprint density at radius 2 is 1.90 bits per heavy atom. The van der Waals surface area contributed by atoms with Crippen LogP contribution in [0.3, 0.4) is 0 Å². The number of ketones is 2. The van der Waals surface area contributed by atoms with Crippen molar-refractivity contribution in [1.29, 1.82) is 5.26 Å². The number of thioether (sulfide) groups is 1. The normalized spacial score (nSPS) is 18.7. The smallest absolute Gasteiger partial charge is 0.219 e. The van der Waals surface area contributed by atoms with E-state index >= 15 is 0 Å². The number of aromatic nitrogens is 2. The van der Waals surface area contributed by atoms with Gasteiger partial charge >= 0.3 is 0 Å². The number of carbonyl (C=O) groups excluding carboxylic acids is 2. The number of nitrogens with two attached hydrogens (primary N) is 1. The van der Waals surface area contributed by atoms with E-state index in [0.717, 1.165) is 0 Å². The van der Waals surface area contributed by atoms with E-state index in [4.69, 9.17) is 28.9 Å². The Labute approximate surface area is 244 Å². The molecule has 0 fully saturated rings. The number of rotatable bonds is 6. The number of carbonyl (C=O) groups is 2. The molecule has 11 heteroatoms. The highest BCUT2D eigenvalue weighted by Gasteiger charge is 2.45. The predicted octanol–water partition coefficient (Wildman–Crippen LogP) is 6.76. The van der Waals surface area contributed by atoms with Crippen LogP contribution < -0.4 is 10.6 Å². The zero-order valence-corrected chi connectivity index (χ0v) is 24.2. The molecule has 0 saturated carbocycles. The van der Waals surface area contributed by atoms with Crippen LogP contribution in [0.25, 0.3) is 0 Å². The number of hydrogen-bond acceptors (Lipinski definition) is 9. The molecule has 2 N–H and O–H groups in total. The maximum absolute atomic E-state index is 13.6. The molecule has 1 atom stereocenters. The monoisotopic (exact) mass is 595 g/mol. The number of anilines is 1. The van der Waals surface area contributed by atoms with E-state index in [0.29, 0.717) is 54.8 Å². The molecule has 1 aromatic heterocycles. The molecule has 198 valence electrons. The zero-order chi connectivity index (χ0) is 27.9. The lowest BCUT2D eigenvalue weighted by atomic mass is 9.68. The summed E-state index contributed by atoms with van der Waals surface area (Å²) in [6.45, 7) is 4.06. The molecule has 39 heavy (non-hydrogen) atoms. The Bertz CT molecular complexity index is 1590. The van der Waals surface area contributed by atoms with Crippen LogP contribution in [-0.4, -0.2) is 27.5 Å². The SMILES string of the molecule is CC1(C)CC(=O)C2=C(C1)N(c1nnc(SCC(=O)c3ccc(Cl)cc3)s1)C(N)=C(C#N)C2c1ccccc1Cl. The maximum atomic E-state index is 13.6. The molecule has 2 heterocycles. The Morgan fingerprint density at radius 3 is 2.59 bits per heavy atom. The summed E-state index contributed by atoms with van der Waals surface area (Å²) < 4.78 is 0.565. The van der Waals surface area contributed by atoms with Crippen molar-refractivity contribution >= 4 is 63.0 Å². The molecule has 0 radical (unpaired) electrons. The largest absolute Gasteiger partial charge is 0.384 e. The van der Waals surface area contributed by atoms with Gasteiger partial charge in [0.2, 0.25) is 5.13 Å². The average Bonchev–Trinajstić information content (AvgIpc) is 3.35. The lowest BCUT2D eigenvalue weighted by molar-refractivity contribution is -0.118. The summed E-state index contributed by atoms with van der Waals surface area (Å²) in [6, 6.07) is 16.2. The first-order chi connectivity index (χ1) is 18.6. The molecule has 2 aliphatic rings. The fourth-order valence-electron chi connectivity index (χ4n) is 4.95. The second kappa shape index (κ2) is 10.8. The Kier molecular flexibility index (Phi) is 7.57. The summed E-state index contributed by atoms with van der Waals surface area (Å²) in [5, 5.41) is 20.3. The van der Waals surface area contributed by atoms with Gasteiger partial charge in [0.15, 0.2) is 15.9 Å². The fourth-order valence-corrected chi connectivity index (χ4v) is 7.09. The maximum Gasteiger partial charge on any atom is 0.219 e. The fraction of sp³-hybridized carbons (Fsp3) is 0.250. The third-order valence-corrected chi connectivity index (χ3v) is 9.32. The van der Waals surface area contributed by atoms with Crippen molar-refractivity contribution in [2.24, 2.45) is 11.1 Å². The molecular formula is C28H23Cl2N5O2S2. The van der Waals surface area contributed by atoms with E-state index in [1.54, 1.807) is 41.3 Å². The average molecular weight is 597 g/mol. The number of benzene rings is 2. The van der Waals surface area contributed by atoms with Gasteiger partial charge in [-0.15, -0.1) is 10.2 Å². The number of halogens is 2. The second-order valence-corrected chi connectivity index (χ2v) is 13.1. The lowest BCUT2D eigenvalue weighted by Crippen LogP contribution is -2.42. The molecule has 3 aromatic rings. The molecule has 0 amide bonds. The van der Waals surface area contributed by atoms with Crippen molar-refractivity contribution in [3.05, 3.63) is 92.4 Å². The summed E-state index contributed by atoms with van der Waals surface area (Å²) in [6.07, 6.45) is 0.884. The topological polar surface area (TPSA) is 113 Å². The van der Waals surface area contributed by atoms with Gasteiger partial charge in [-0.2, -0.15) is 5.26 Å². The van der Waals surface area contributed by atoms with E-state index in [1.807, 2.05) is 26.0 Å². The molecule has 7 nitrogen and oxygen atoms in total. The summed E-state index contributed by atoms with van der Waals surface area (Å²) in [7, 11) is 0. The van der Waals surface area contributed by atoms with Gasteiger partial charge in [0.1, 0.15) is 5.82 Å². The second-order valence-electron chi connectivity index (χ2n) is 10.1. The first-order valence-electron chi connectivity index (χ1n) is 12.1. The Balaban J connectivity index is 1.52. The van der Waals surface area contributed by atoms with Crippen molar-refractivity contribution in [3.63, 3.8) is 0 Å². The van der Waals surface area contributed by atoms with Crippen molar-refractivity contribution < 1.29 is 9.59 Å². The standard InChI is InChI=1S/C28H23Cl2N5O2S2/c1-28(2)11-20-24(21(36)12-28)23(17-5-3-4-6-19(17)30)18(13-31)25(32)35(20)26-33-34-27(39-26)38-14-22(37)15-7-9-16(29)10-8-15/h3-10,23H,11-12,14,32H2,1-2H3. The molecule has 0 saturated heterocycles.